The smallest absolute Gasteiger partial charge is 0.271 e. The minimum absolute atomic E-state index is 0.198. The molecule has 0 bridgehead atoms. The van der Waals surface area contributed by atoms with Gasteiger partial charge in [-0.1, -0.05) is 0 Å². The van der Waals surface area contributed by atoms with Crippen LogP contribution in [0, 0.1) is 0 Å². The summed E-state index contributed by atoms with van der Waals surface area (Å²) in [7, 11) is 0. The zero-order valence-electron chi connectivity index (χ0n) is 12.8. The van der Waals surface area contributed by atoms with Crippen molar-refractivity contribution in [3.05, 3.63) is 59.7 Å². The molecule has 0 aromatic heterocycles. The summed E-state index contributed by atoms with van der Waals surface area (Å²) in [5, 5.41) is 13.1. The number of hydrazone groups is 1. The zero-order valence-corrected chi connectivity index (χ0v) is 12.8. The van der Waals surface area contributed by atoms with Crippen LogP contribution in [0.15, 0.2) is 53.6 Å². The van der Waals surface area contributed by atoms with Crippen LogP contribution in [0.2, 0.25) is 0 Å². The van der Waals surface area contributed by atoms with Gasteiger partial charge in [0.15, 0.2) is 0 Å². The second-order valence-corrected chi connectivity index (χ2v) is 5.53. The molecule has 5 heteroatoms. The molecule has 1 saturated heterocycles. The minimum Gasteiger partial charge on any atom is -0.508 e. The van der Waals surface area contributed by atoms with Gasteiger partial charge in [0.05, 0.1) is 6.21 Å². The number of nitrogens with zero attached hydrogens (tertiary/aromatic N) is 2. The van der Waals surface area contributed by atoms with Crippen LogP contribution in [-0.2, 0) is 0 Å². The van der Waals surface area contributed by atoms with Crippen LogP contribution in [0.5, 0.6) is 5.75 Å². The van der Waals surface area contributed by atoms with Gasteiger partial charge in [0.25, 0.3) is 5.91 Å². The molecule has 2 aromatic rings. The first-order chi connectivity index (χ1) is 11.2. The van der Waals surface area contributed by atoms with Crippen molar-refractivity contribution in [3.8, 4) is 5.75 Å². The topological polar surface area (TPSA) is 64.9 Å². The number of aromatic hydroxyl groups is 1. The van der Waals surface area contributed by atoms with Gasteiger partial charge in [-0.15, -0.1) is 0 Å². The Morgan fingerprint density at radius 1 is 1.04 bits per heavy atom. The number of phenolic OH excluding ortho intramolecular Hbond substituents is 1. The van der Waals surface area contributed by atoms with Gasteiger partial charge in [0.2, 0.25) is 0 Å². The van der Waals surface area contributed by atoms with Crippen LogP contribution < -0.4 is 10.3 Å². The van der Waals surface area contributed by atoms with E-state index in [2.05, 4.69) is 15.4 Å². The van der Waals surface area contributed by atoms with Crippen molar-refractivity contribution in [1.82, 2.24) is 5.43 Å². The predicted octanol–water partition coefficient (Wildman–Crippen LogP) is 2.76. The first kappa shape index (κ1) is 15.1. The van der Waals surface area contributed by atoms with Gasteiger partial charge < -0.3 is 10.0 Å². The van der Waals surface area contributed by atoms with Gasteiger partial charge >= 0.3 is 0 Å². The fourth-order valence-electron chi connectivity index (χ4n) is 2.59. The van der Waals surface area contributed by atoms with E-state index in [0.717, 1.165) is 24.3 Å². The van der Waals surface area contributed by atoms with Crippen LogP contribution in [0.1, 0.15) is 28.8 Å². The maximum absolute atomic E-state index is 12.0. The fourth-order valence-corrected chi connectivity index (χ4v) is 2.59. The quantitative estimate of drug-likeness (QED) is 0.674. The highest BCUT2D eigenvalue weighted by atomic mass is 16.3. The number of hydrogen-bond acceptors (Lipinski definition) is 4. The molecular weight excluding hydrogens is 290 g/mol. The van der Waals surface area contributed by atoms with Gasteiger partial charge in [-0.25, -0.2) is 5.43 Å². The number of phenols is 1. The molecule has 1 aliphatic heterocycles. The van der Waals surface area contributed by atoms with E-state index in [1.54, 1.807) is 24.3 Å². The Balaban J connectivity index is 1.58. The van der Waals surface area contributed by atoms with Gasteiger partial charge in [-0.05, 0) is 66.9 Å². The molecule has 2 N–H and O–H groups in total. The van der Waals surface area contributed by atoms with Crippen molar-refractivity contribution in [3.63, 3.8) is 0 Å². The lowest BCUT2D eigenvalue weighted by molar-refractivity contribution is 0.0955. The van der Waals surface area contributed by atoms with Crippen molar-refractivity contribution in [2.24, 2.45) is 5.10 Å². The number of carbonyl (C=O) groups is 1. The predicted molar refractivity (Wildman–Crippen MR) is 91.1 cm³/mol. The maximum Gasteiger partial charge on any atom is 0.271 e. The van der Waals surface area contributed by atoms with Crippen molar-refractivity contribution < 1.29 is 9.90 Å². The van der Waals surface area contributed by atoms with E-state index < -0.39 is 0 Å². The Kier molecular flexibility index (Phi) is 4.57. The summed E-state index contributed by atoms with van der Waals surface area (Å²) in [6, 6.07) is 14.2. The van der Waals surface area contributed by atoms with E-state index in [4.69, 9.17) is 0 Å². The third-order valence-electron chi connectivity index (χ3n) is 3.87. The maximum atomic E-state index is 12.0. The molecule has 1 fully saturated rings. The van der Waals surface area contributed by atoms with E-state index in [1.165, 1.54) is 19.1 Å². The number of hydrogen-bond donors (Lipinski definition) is 2. The number of carbonyl (C=O) groups excluding carboxylic acids is 1. The van der Waals surface area contributed by atoms with Crippen molar-refractivity contribution in [2.75, 3.05) is 18.0 Å². The monoisotopic (exact) mass is 309 g/mol. The summed E-state index contributed by atoms with van der Waals surface area (Å²) in [4.78, 5) is 14.4. The second kappa shape index (κ2) is 6.96. The van der Waals surface area contributed by atoms with E-state index in [-0.39, 0.29) is 11.7 Å². The zero-order chi connectivity index (χ0) is 16.1. The average molecular weight is 309 g/mol. The highest BCUT2D eigenvalue weighted by Gasteiger charge is 2.12. The molecule has 0 saturated carbocycles. The van der Waals surface area contributed by atoms with Crippen LogP contribution in [-0.4, -0.2) is 30.3 Å². The van der Waals surface area contributed by atoms with Crippen molar-refractivity contribution in [2.45, 2.75) is 12.8 Å². The summed E-state index contributed by atoms with van der Waals surface area (Å²) in [6.45, 7) is 2.17. The Hall–Kier alpha value is -2.82. The third-order valence-corrected chi connectivity index (χ3v) is 3.87. The second-order valence-electron chi connectivity index (χ2n) is 5.53. The van der Waals surface area contributed by atoms with Crippen LogP contribution in [0.25, 0.3) is 0 Å². The molecule has 0 aliphatic carbocycles. The van der Waals surface area contributed by atoms with Crippen molar-refractivity contribution >= 4 is 17.8 Å². The van der Waals surface area contributed by atoms with Crippen LogP contribution in [0.3, 0.4) is 0 Å². The minimum atomic E-state index is -0.243. The Bertz CT molecular complexity index is 687. The molecule has 0 spiro atoms. The highest BCUT2D eigenvalue weighted by molar-refractivity contribution is 5.95. The molecule has 2 aromatic carbocycles. The molecule has 118 valence electrons. The largest absolute Gasteiger partial charge is 0.508 e. The summed E-state index contributed by atoms with van der Waals surface area (Å²) in [6.07, 6.45) is 4.00. The van der Waals surface area contributed by atoms with Gasteiger partial charge in [-0.2, -0.15) is 5.10 Å². The summed E-state index contributed by atoms with van der Waals surface area (Å²) < 4.78 is 0. The third kappa shape index (κ3) is 3.88. The first-order valence-corrected chi connectivity index (χ1v) is 7.70. The standard InChI is InChI=1S/C18H19N3O2/c22-17-9-3-14(4-10-17)13-19-20-18(23)15-5-7-16(8-6-15)21-11-1-2-12-21/h3-10,13,22H,1-2,11-12H2,(H,20,23)/b19-13-. The van der Waals surface area contributed by atoms with E-state index >= 15 is 0 Å². The first-order valence-electron chi connectivity index (χ1n) is 7.70. The van der Waals surface area contributed by atoms with Gasteiger partial charge in [0, 0.05) is 24.3 Å². The number of nitrogens with one attached hydrogen (secondary N) is 1. The molecule has 3 rings (SSSR count). The van der Waals surface area contributed by atoms with Crippen LogP contribution in [0.4, 0.5) is 5.69 Å². The Morgan fingerprint density at radius 2 is 1.70 bits per heavy atom. The Labute approximate surface area is 135 Å². The highest BCUT2D eigenvalue weighted by Crippen LogP contribution is 2.20. The lowest BCUT2D eigenvalue weighted by Gasteiger charge is -2.17. The van der Waals surface area contributed by atoms with Gasteiger partial charge in [-0.3, -0.25) is 4.79 Å². The molecule has 5 nitrogen and oxygen atoms in total. The van der Waals surface area contributed by atoms with E-state index in [9.17, 15) is 9.90 Å². The molecule has 1 aliphatic rings. The van der Waals surface area contributed by atoms with E-state index in [0.29, 0.717) is 5.56 Å². The fraction of sp³-hybridized carbons (Fsp3) is 0.222. The molecule has 0 unspecified atom stereocenters. The summed E-state index contributed by atoms with van der Waals surface area (Å²) in [5.74, 6) is -0.0442. The molecule has 1 amide bonds. The summed E-state index contributed by atoms with van der Waals surface area (Å²) in [5.41, 5.74) is 5.04. The number of benzene rings is 2. The van der Waals surface area contributed by atoms with Gasteiger partial charge in [0.1, 0.15) is 5.75 Å². The number of rotatable bonds is 4. The average Bonchev–Trinajstić information content (AvgIpc) is 3.11. The Morgan fingerprint density at radius 3 is 2.35 bits per heavy atom. The lowest BCUT2D eigenvalue weighted by Crippen LogP contribution is -2.19. The molecule has 0 radical (unpaired) electrons. The molecule has 0 atom stereocenters. The lowest BCUT2D eigenvalue weighted by atomic mass is 10.2. The molecular formula is C18H19N3O2. The molecule has 1 heterocycles. The van der Waals surface area contributed by atoms with E-state index in [1.807, 2.05) is 24.3 Å². The molecule has 23 heavy (non-hydrogen) atoms. The summed E-state index contributed by atoms with van der Waals surface area (Å²) >= 11 is 0. The number of amides is 1. The number of anilines is 1. The van der Waals surface area contributed by atoms with Crippen molar-refractivity contribution in [1.29, 1.82) is 0 Å². The normalized spacial score (nSPS) is 14.3. The van der Waals surface area contributed by atoms with Crippen LogP contribution >= 0.6 is 0 Å². The SMILES string of the molecule is O=C(N/N=C\c1ccc(O)cc1)c1ccc(N2CCCC2)cc1.